The molecule has 0 fully saturated rings. The number of hydrogen-bond acceptors (Lipinski definition) is 5. The molecule has 0 atom stereocenters. The van der Waals surface area contributed by atoms with Crippen LogP contribution in [0.2, 0.25) is 0 Å². The number of hydrazone groups is 1. The highest BCUT2D eigenvalue weighted by atomic mass is 79.9. The van der Waals surface area contributed by atoms with Gasteiger partial charge in [-0.25, -0.2) is 5.43 Å². The lowest BCUT2D eigenvalue weighted by atomic mass is 10.2. The number of nitrogens with zero attached hydrogens (tertiary/aromatic N) is 1. The average Bonchev–Trinajstić information content (AvgIpc) is 2.44. The molecule has 126 valence electrons. The third kappa shape index (κ3) is 7.13. The molecule has 8 heteroatoms. The third-order valence-corrected chi connectivity index (χ3v) is 3.67. The number of esters is 1. The Bertz CT molecular complexity index is 594. The highest BCUT2D eigenvalue weighted by Gasteiger charge is 2.10. The summed E-state index contributed by atoms with van der Waals surface area (Å²) in [5.41, 5.74) is 3.69. The van der Waals surface area contributed by atoms with E-state index in [0.29, 0.717) is 18.1 Å². The second kappa shape index (κ2) is 9.67. The minimum Gasteiger partial charge on any atom is -0.482 e. The summed E-state index contributed by atoms with van der Waals surface area (Å²) in [5.74, 6) is -0.202. The Morgan fingerprint density at radius 3 is 2.61 bits per heavy atom. The summed E-state index contributed by atoms with van der Waals surface area (Å²) in [6.45, 7) is 5.37. The number of halogens is 2. The van der Waals surface area contributed by atoms with E-state index in [1.807, 2.05) is 19.1 Å². The predicted molar refractivity (Wildman–Crippen MR) is 94.6 cm³/mol. The summed E-state index contributed by atoms with van der Waals surface area (Å²) < 4.78 is 12.0. The van der Waals surface area contributed by atoms with E-state index in [4.69, 9.17) is 9.47 Å². The molecule has 1 aromatic rings. The van der Waals surface area contributed by atoms with Gasteiger partial charge in [0.1, 0.15) is 5.75 Å². The quantitative estimate of drug-likeness (QED) is 0.393. The summed E-state index contributed by atoms with van der Waals surface area (Å²) in [6.07, 6.45) is 0.0341. The third-order valence-electron chi connectivity index (χ3n) is 2.62. The van der Waals surface area contributed by atoms with Crippen molar-refractivity contribution in [2.24, 2.45) is 5.10 Å². The van der Waals surface area contributed by atoms with E-state index in [0.717, 1.165) is 14.5 Å². The number of carbonyl (C=O) groups is 2. The Kier molecular flexibility index (Phi) is 8.25. The maximum absolute atomic E-state index is 11.7. The van der Waals surface area contributed by atoms with Gasteiger partial charge >= 0.3 is 5.97 Å². The number of hydrogen-bond donors (Lipinski definition) is 1. The predicted octanol–water partition coefficient (Wildman–Crippen LogP) is 3.34. The normalized spacial score (nSPS) is 11.1. The van der Waals surface area contributed by atoms with Gasteiger partial charge in [-0.2, -0.15) is 5.10 Å². The highest BCUT2D eigenvalue weighted by Crippen LogP contribution is 2.32. The molecular formula is C15H18Br2N2O4. The van der Waals surface area contributed by atoms with E-state index >= 15 is 0 Å². The van der Waals surface area contributed by atoms with Crippen molar-refractivity contribution < 1.29 is 19.1 Å². The van der Waals surface area contributed by atoms with Crippen molar-refractivity contribution in [2.45, 2.75) is 27.2 Å². The molecule has 0 spiro atoms. The standard InChI is InChI=1S/C15H18Br2N2O4/c1-4-22-14(21)6-10(3)18-19-13(20)8-23-15-9(2)5-11(16)7-12(15)17/h5,7H,4,6,8H2,1-3H3,(H,19,20). The molecular weight excluding hydrogens is 432 g/mol. The van der Waals surface area contributed by atoms with Gasteiger partial charge in [0, 0.05) is 10.2 Å². The molecule has 0 aliphatic heterocycles. The van der Waals surface area contributed by atoms with Gasteiger partial charge in [-0.15, -0.1) is 0 Å². The Hall–Kier alpha value is -1.41. The second-order valence-corrected chi connectivity index (χ2v) is 6.46. The van der Waals surface area contributed by atoms with Gasteiger partial charge in [-0.3, -0.25) is 9.59 Å². The minimum atomic E-state index is -0.414. The molecule has 1 N–H and O–H groups in total. The van der Waals surface area contributed by atoms with Crippen LogP contribution < -0.4 is 10.2 Å². The van der Waals surface area contributed by atoms with Crippen LogP contribution >= 0.6 is 31.9 Å². The van der Waals surface area contributed by atoms with Crippen LogP contribution in [0.15, 0.2) is 26.2 Å². The fraction of sp³-hybridized carbons (Fsp3) is 0.400. The molecule has 0 aliphatic carbocycles. The number of aryl methyl sites for hydroxylation is 1. The SMILES string of the molecule is CCOC(=O)CC(C)=NNC(=O)COc1c(C)cc(Br)cc1Br. The fourth-order valence-electron chi connectivity index (χ4n) is 1.66. The first-order valence-corrected chi connectivity index (χ1v) is 8.48. The van der Waals surface area contributed by atoms with E-state index in [2.05, 4.69) is 42.4 Å². The molecule has 1 aromatic carbocycles. The molecule has 0 saturated heterocycles. The molecule has 0 radical (unpaired) electrons. The fourth-order valence-corrected chi connectivity index (χ4v) is 3.21. The first-order valence-electron chi connectivity index (χ1n) is 6.89. The lowest BCUT2D eigenvalue weighted by molar-refractivity contribution is -0.141. The Labute approximate surface area is 151 Å². The summed E-state index contributed by atoms with van der Waals surface area (Å²) >= 11 is 6.76. The number of nitrogens with one attached hydrogen (secondary N) is 1. The van der Waals surface area contributed by atoms with Crippen molar-refractivity contribution in [3.63, 3.8) is 0 Å². The zero-order valence-corrected chi connectivity index (χ0v) is 16.3. The summed E-state index contributed by atoms with van der Waals surface area (Å²) in [7, 11) is 0. The van der Waals surface area contributed by atoms with E-state index in [1.54, 1.807) is 13.8 Å². The zero-order chi connectivity index (χ0) is 17.4. The molecule has 23 heavy (non-hydrogen) atoms. The summed E-state index contributed by atoms with van der Waals surface area (Å²) in [4.78, 5) is 23.0. The van der Waals surface area contributed by atoms with Crippen LogP contribution in [0.4, 0.5) is 0 Å². The van der Waals surface area contributed by atoms with Crippen molar-refractivity contribution in [2.75, 3.05) is 13.2 Å². The zero-order valence-electron chi connectivity index (χ0n) is 13.1. The van der Waals surface area contributed by atoms with Crippen LogP contribution in [0.3, 0.4) is 0 Å². The van der Waals surface area contributed by atoms with Crippen molar-refractivity contribution in [1.29, 1.82) is 0 Å². The number of rotatable bonds is 7. The lowest BCUT2D eigenvalue weighted by Crippen LogP contribution is -2.26. The molecule has 0 unspecified atom stereocenters. The monoisotopic (exact) mass is 448 g/mol. The van der Waals surface area contributed by atoms with Gasteiger partial charge in [0.25, 0.3) is 5.91 Å². The lowest BCUT2D eigenvalue weighted by Gasteiger charge is -2.11. The Balaban J connectivity index is 2.50. The molecule has 0 bridgehead atoms. The van der Waals surface area contributed by atoms with E-state index < -0.39 is 5.91 Å². The number of benzene rings is 1. The maximum Gasteiger partial charge on any atom is 0.311 e. The number of carbonyl (C=O) groups excluding carboxylic acids is 2. The molecule has 0 aliphatic rings. The minimum absolute atomic E-state index is 0.0341. The van der Waals surface area contributed by atoms with Crippen molar-refractivity contribution in [1.82, 2.24) is 5.43 Å². The van der Waals surface area contributed by atoms with Crippen LogP contribution in [0, 0.1) is 6.92 Å². The van der Waals surface area contributed by atoms with Gasteiger partial charge in [0.15, 0.2) is 6.61 Å². The molecule has 0 heterocycles. The van der Waals surface area contributed by atoms with Gasteiger partial charge < -0.3 is 9.47 Å². The van der Waals surface area contributed by atoms with Crippen molar-refractivity contribution in [3.05, 3.63) is 26.6 Å². The van der Waals surface area contributed by atoms with Crippen LogP contribution in [0.25, 0.3) is 0 Å². The molecule has 0 saturated carbocycles. The number of amides is 1. The Morgan fingerprint density at radius 2 is 2.00 bits per heavy atom. The molecule has 1 rings (SSSR count). The highest BCUT2D eigenvalue weighted by molar-refractivity contribution is 9.11. The molecule has 0 aromatic heterocycles. The van der Waals surface area contributed by atoms with Crippen LogP contribution in [-0.2, 0) is 14.3 Å². The van der Waals surface area contributed by atoms with Gasteiger partial charge in [-0.05, 0) is 54.4 Å². The first-order chi connectivity index (χ1) is 10.8. The molecule has 1 amide bonds. The average molecular weight is 450 g/mol. The summed E-state index contributed by atoms with van der Waals surface area (Å²) in [5, 5.41) is 3.83. The van der Waals surface area contributed by atoms with Gasteiger partial charge in [0.05, 0.1) is 17.5 Å². The van der Waals surface area contributed by atoms with E-state index in [1.165, 1.54) is 0 Å². The number of ether oxygens (including phenoxy) is 2. The maximum atomic E-state index is 11.7. The van der Waals surface area contributed by atoms with Crippen LogP contribution in [0.1, 0.15) is 25.8 Å². The first kappa shape index (κ1) is 19.6. The topological polar surface area (TPSA) is 77.0 Å². The smallest absolute Gasteiger partial charge is 0.311 e. The second-order valence-electron chi connectivity index (χ2n) is 4.69. The van der Waals surface area contributed by atoms with Crippen molar-refractivity contribution in [3.8, 4) is 5.75 Å². The van der Waals surface area contributed by atoms with Gasteiger partial charge in [0.2, 0.25) is 0 Å². The summed E-state index contributed by atoms with van der Waals surface area (Å²) in [6, 6.07) is 3.72. The van der Waals surface area contributed by atoms with Gasteiger partial charge in [-0.1, -0.05) is 15.9 Å². The molecule has 6 nitrogen and oxygen atoms in total. The largest absolute Gasteiger partial charge is 0.482 e. The Morgan fingerprint density at radius 1 is 1.30 bits per heavy atom. The van der Waals surface area contributed by atoms with Crippen LogP contribution in [-0.4, -0.2) is 30.8 Å². The van der Waals surface area contributed by atoms with E-state index in [9.17, 15) is 9.59 Å². The van der Waals surface area contributed by atoms with Crippen molar-refractivity contribution >= 4 is 49.4 Å². The van der Waals surface area contributed by atoms with E-state index in [-0.39, 0.29) is 19.0 Å². The van der Waals surface area contributed by atoms with Crippen LogP contribution in [0.5, 0.6) is 5.75 Å².